The first kappa shape index (κ1) is 9.85. The van der Waals surface area contributed by atoms with Crippen molar-refractivity contribution < 1.29 is 13.9 Å². The fourth-order valence-electron chi connectivity index (χ4n) is 1.23. The number of halogens is 1. The molecule has 0 amide bonds. The van der Waals surface area contributed by atoms with Crippen molar-refractivity contribution in [2.45, 2.75) is 13.5 Å². The molecule has 0 fully saturated rings. The second kappa shape index (κ2) is 3.47. The molecule has 15 heavy (non-hydrogen) atoms. The second-order valence-corrected chi connectivity index (χ2v) is 3.15. The maximum absolute atomic E-state index is 13.6. The van der Waals surface area contributed by atoms with Gasteiger partial charge in [-0.1, -0.05) is 0 Å². The van der Waals surface area contributed by atoms with Crippen LogP contribution >= 0.6 is 0 Å². The normalized spacial score (nSPS) is 10.9. The summed E-state index contributed by atoms with van der Waals surface area (Å²) in [4.78, 5) is 3.76. The number of aliphatic hydroxyl groups is 1. The summed E-state index contributed by atoms with van der Waals surface area (Å²) in [5, 5.41) is 12.7. The summed E-state index contributed by atoms with van der Waals surface area (Å²) >= 11 is 0. The van der Waals surface area contributed by atoms with Crippen molar-refractivity contribution in [3.8, 4) is 11.5 Å². The minimum Gasteiger partial charge on any atom is -0.436 e. The molecule has 0 saturated heterocycles. The van der Waals surface area contributed by atoms with E-state index in [1.165, 1.54) is 10.9 Å². The summed E-state index contributed by atoms with van der Waals surface area (Å²) in [5.74, 6) is -0.0638. The molecule has 0 aliphatic carbocycles. The van der Waals surface area contributed by atoms with Gasteiger partial charge in [-0.25, -0.2) is 9.37 Å². The molecule has 1 N–H and O–H groups in total. The molecule has 80 valence electrons. The van der Waals surface area contributed by atoms with E-state index in [0.29, 0.717) is 5.69 Å². The number of aliphatic hydroxyl groups excluding tert-OH is 1. The van der Waals surface area contributed by atoms with E-state index in [9.17, 15) is 4.39 Å². The minimum absolute atomic E-state index is 0.113. The van der Waals surface area contributed by atoms with Gasteiger partial charge in [0, 0.05) is 7.05 Å². The minimum atomic E-state index is -0.432. The Balaban J connectivity index is 2.49. The zero-order chi connectivity index (χ0) is 11.0. The Bertz CT molecular complexity index is 490. The van der Waals surface area contributed by atoms with Crippen molar-refractivity contribution in [1.82, 2.24) is 14.8 Å². The first-order valence-corrected chi connectivity index (χ1v) is 4.38. The molecule has 0 atom stereocenters. The lowest BCUT2D eigenvalue weighted by atomic mass is 10.3. The van der Waals surface area contributed by atoms with Gasteiger partial charge in [0.15, 0.2) is 17.3 Å². The van der Waals surface area contributed by atoms with Crippen LogP contribution in [0, 0.1) is 12.7 Å². The summed E-state index contributed by atoms with van der Waals surface area (Å²) < 4.78 is 20.1. The predicted molar refractivity (Wildman–Crippen MR) is 49.3 cm³/mol. The lowest BCUT2D eigenvalue weighted by molar-refractivity contribution is 0.241. The summed E-state index contributed by atoms with van der Waals surface area (Å²) in [6.07, 6.45) is 1.34. The molecule has 0 unspecified atom stereocenters. The number of aromatic nitrogens is 3. The summed E-state index contributed by atoms with van der Waals surface area (Å²) in [7, 11) is 1.64. The predicted octanol–water partition coefficient (Wildman–Crippen LogP) is 1.01. The van der Waals surface area contributed by atoms with Crippen LogP contribution in [0.3, 0.4) is 0 Å². The zero-order valence-electron chi connectivity index (χ0n) is 8.36. The van der Waals surface area contributed by atoms with Crippen LogP contribution in [0.4, 0.5) is 4.39 Å². The van der Waals surface area contributed by atoms with Crippen LogP contribution in [0.5, 0.6) is 0 Å². The van der Waals surface area contributed by atoms with Gasteiger partial charge in [0.1, 0.15) is 6.61 Å². The molecule has 0 aliphatic rings. The van der Waals surface area contributed by atoms with E-state index in [2.05, 4.69) is 10.1 Å². The molecule has 2 aromatic heterocycles. The van der Waals surface area contributed by atoms with Gasteiger partial charge in [0.05, 0.1) is 11.9 Å². The highest BCUT2D eigenvalue weighted by molar-refractivity contribution is 5.52. The maximum Gasteiger partial charge on any atom is 0.220 e. The van der Waals surface area contributed by atoms with E-state index < -0.39 is 5.82 Å². The van der Waals surface area contributed by atoms with Gasteiger partial charge in [-0.3, -0.25) is 4.68 Å². The summed E-state index contributed by atoms with van der Waals surface area (Å²) in [6, 6.07) is 0. The summed E-state index contributed by atoms with van der Waals surface area (Å²) in [5.41, 5.74) is 0.536. The molecular weight excluding hydrogens is 201 g/mol. The smallest absolute Gasteiger partial charge is 0.220 e. The monoisotopic (exact) mass is 211 g/mol. The van der Waals surface area contributed by atoms with Crippen LogP contribution in [0.15, 0.2) is 10.6 Å². The van der Waals surface area contributed by atoms with Crippen molar-refractivity contribution in [3.05, 3.63) is 23.6 Å². The number of hydrogen-bond acceptors (Lipinski definition) is 4. The molecule has 0 saturated carbocycles. The Morgan fingerprint density at radius 3 is 2.80 bits per heavy atom. The van der Waals surface area contributed by atoms with Gasteiger partial charge in [0.2, 0.25) is 5.89 Å². The lowest BCUT2D eigenvalue weighted by Gasteiger charge is -1.88. The maximum atomic E-state index is 13.6. The molecule has 2 rings (SSSR count). The van der Waals surface area contributed by atoms with Crippen LogP contribution < -0.4 is 0 Å². The Kier molecular flexibility index (Phi) is 2.28. The van der Waals surface area contributed by atoms with E-state index in [4.69, 9.17) is 9.52 Å². The zero-order valence-corrected chi connectivity index (χ0v) is 8.36. The quantitative estimate of drug-likeness (QED) is 0.805. The topological polar surface area (TPSA) is 64.1 Å². The molecule has 0 radical (unpaired) electrons. The average molecular weight is 211 g/mol. The van der Waals surface area contributed by atoms with Crippen LogP contribution in [0.25, 0.3) is 11.5 Å². The third-order valence-electron chi connectivity index (χ3n) is 2.18. The molecule has 2 heterocycles. The highest BCUT2D eigenvalue weighted by Gasteiger charge is 2.17. The highest BCUT2D eigenvalue weighted by atomic mass is 19.1. The number of oxazole rings is 1. The van der Waals surface area contributed by atoms with Crippen molar-refractivity contribution in [2.75, 3.05) is 0 Å². The SMILES string of the molecule is Cc1c(F)c(-c2cnc(CO)o2)nn1C. The lowest BCUT2D eigenvalue weighted by Crippen LogP contribution is -1.92. The third kappa shape index (κ3) is 1.52. The largest absolute Gasteiger partial charge is 0.436 e. The van der Waals surface area contributed by atoms with Crippen LogP contribution in [-0.4, -0.2) is 19.9 Å². The van der Waals surface area contributed by atoms with E-state index in [1.54, 1.807) is 14.0 Å². The van der Waals surface area contributed by atoms with Gasteiger partial charge in [-0.2, -0.15) is 5.10 Å². The van der Waals surface area contributed by atoms with E-state index in [1.807, 2.05) is 0 Å². The van der Waals surface area contributed by atoms with Gasteiger partial charge in [-0.15, -0.1) is 0 Å². The molecule has 6 heteroatoms. The third-order valence-corrected chi connectivity index (χ3v) is 2.18. The fraction of sp³-hybridized carbons (Fsp3) is 0.333. The van der Waals surface area contributed by atoms with E-state index in [0.717, 1.165) is 0 Å². The first-order chi connectivity index (χ1) is 7.13. The van der Waals surface area contributed by atoms with Gasteiger partial charge in [0.25, 0.3) is 0 Å². The second-order valence-electron chi connectivity index (χ2n) is 3.15. The first-order valence-electron chi connectivity index (χ1n) is 4.38. The van der Waals surface area contributed by atoms with Crippen molar-refractivity contribution in [3.63, 3.8) is 0 Å². The van der Waals surface area contributed by atoms with E-state index in [-0.39, 0.29) is 24.0 Å². The van der Waals surface area contributed by atoms with E-state index >= 15 is 0 Å². The van der Waals surface area contributed by atoms with Crippen molar-refractivity contribution in [2.24, 2.45) is 7.05 Å². The molecule has 0 aliphatic heterocycles. The number of nitrogens with zero attached hydrogens (tertiary/aromatic N) is 3. The van der Waals surface area contributed by atoms with Crippen LogP contribution in [-0.2, 0) is 13.7 Å². The number of hydrogen-bond donors (Lipinski definition) is 1. The van der Waals surface area contributed by atoms with Gasteiger partial charge in [-0.05, 0) is 6.92 Å². The Morgan fingerprint density at radius 1 is 1.60 bits per heavy atom. The molecule has 0 bridgehead atoms. The molecular formula is C9H10FN3O2. The average Bonchev–Trinajstić information content (AvgIpc) is 2.79. The van der Waals surface area contributed by atoms with Crippen molar-refractivity contribution in [1.29, 1.82) is 0 Å². The Labute approximate surface area is 85.2 Å². The standard InChI is InChI=1S/C9H10FN3O2/c1-5-8(10)9(12-13(5)2)6-3-11-7(4-14)15-6/h3,14H,4H2,1-2H3. The van der Waals surface area contributed by atoms with Gasteiger partial charge < -0.3 is 9.52 Å². The number of rotatable bonds is 2. The van der Waals surface area contributed by atoms with Crippen molar-refractivity contribution >= 4 is 0 Å². The molecule has 0 spiro atoms. The highest BCUT2D eigenvalue weighted by Crippen LogP contribution is 2.23. The van der Waals surface area contributed by atoms with Gasteiger partial charge >= 0.3 is 0 Å². The fourth-order valence-corrected chi connectivity index (χ4v) is 1.23. The number of aryl methyl sites for hydroxylation is 1. The summed E-state index contributed by atoms with van der Waals surface area (Å²) in [6.45, 7) is 1.31. The molecule has 0 aromatic carbocycles. The molecule has 5 nitrogen and oxygen atoms in total. The van der Waals surface area contributed by atoms with Crippen LogP contribution in [0.2, 0.25) is 0 Å². The Morgan fingerprint density at radius 2 is 2.33 bits per heavy atom. The Hall–Kier alpha value is -1.69. The van der Waals surface area contributed by atoms with Crippen LogP contribution in [0.1, 0.15) is 11.6 Å². The molecule has 2 aromatic rings.